The van der Waals surface area contributed by atoms with Gasteiger partial charge in [-0.1, -0.05) is 56.2 Å². The first-order valence-electron chi connectivity index (χ1n) is 7.33. The molecule has 1 rings (SSSR count). The molecule has 4 heteroatoms. The van der Waals surface area contributed by atoms with Crippen LogP contribution in [0.1, 0.15) is 41.0 Å². The van der Waals surface area contributed by atoms with Gasteiger partial charge in [0.1, 0.15) is 0 Å². The molecule has 1 fully saturated rings. The van der Waals surface area contributed by atoms with Gasteiger partial charge in [-0.05, 0) is 17.3 Å². The SMILES string of the molecule is CC(C)(C)CC(C)(C)CSSCCN1CCOCC1. The molecular formula is C15H31NOS2. The van der Waals surface area contributed by atoms with Crippen LogP contribution >= 0.6 is 21.6 Å². The summed E-state index contributed by atoms with van der Waals surface area (Å²) in [6.07, 6.45) is 1.29. The number of nitrogens with zero attached hydrogens (tertiary/aromatic N) is 1. The lowest BCUT2D eigenvalue weighted by atomic mass is 9.77. The second kappa shape index (κ2) is 8.16. The van der Waals surface area contributed by atoms with Crippen LogP contribution in [-0.2, 0) is 4.74 Å². The van der Waals surface area contributed by atoms with Crippen molar-refractivity contribution < 1.29 is 4.74 Å². The zero-order valence-electron chi connectivity index (χ0n) is 13.3. The van der Waals surface area contributed by atoms with E-state index in [4.69, 9.17) is 4.74 Å². The van der Waals surface area contributed by atoms with Crippen molar-refractivity contribution in [2.45, 2.75) is 41.0 Å². The summed E-state index contributed by atoms with van der Waals surface area (Å²) in [4.78, 5) is 2.51. The molecule has 1 aliphatic heterocycles. The Labute approximate surface area is 127 Å². The van der Waals surface area contributed by atoms with Gasteiger partial charge in [0.25, 0.3) is 0 Å². The van der Waals surface area contributed by atoms with E-state index in [1.54, 1.807) is 0 Å². The van der Waals surface area contributed by atoms with Crippen molar-refractivity contribution in [2.75, 3.05) is 44.4 Å². The molecular weight excluding hydrogens is 274 g/mol. The number of morpholine rings is 1. The van der Waals surface area contributed by atoms with E-state index >= 15 is 0 Å². The summed E-state index contributed by atoms with van der Waals surface area (Å²) in [5.74, 6) is 2.48. The monoisotopic (exact) mass is 305 g/mol. The summed E-state index contributed by atoms with van der Waals surface area (Å²) in [5.41, 5.74) is 0.872. The summed E-state index contributed by atoms with van der Waals surface area (Å²) < 4.78 is 5.36. The maximum Gasteiger partial charge on any atom is 0.0594 e. The van der Waals surface area contributed by atoms with Gasteiger partial charge in [-0.2, -0.15) is 0 Å². The van der Waals surface area contributed by atoms with Crippen molar-refractivity contribution in [3.63, 3.8) is 0 Å². The van der Waals surface area contributed by atoms with Crippen molar-refractivity contribution in [1.82, 2.24) is 4.90 Å². The van der Waals surface area contributed by atoms with Gasteiger partial charge in [0.2, 0.25) is 0 Å². The average molecular weight is 306 g/mol. The molecule has 0 saturated carbocycles. The van der Waals surface area contributed by atoms with E-state index in [9.17, 15) is 0 Å². The summed E-state index contributed by atoms with van der Waals surface area (Å²) in [6.45, 7) is 17.1. The van der Waals surface area contributed by atoms with E-state index in [2.05, 4.69) is 39.5 Å². The van der Waals surface area contributed by atoms with E-state index in [1.807, 2.05) is 21.6 Å². The number of ether oxygens (including phenoxy) is 1. The van der Waals surface area contributed by atoms with Gasteiger partial charge >= 0.3 is 0 Å². The van der Waals surface area contributed by atoms with E-state index in [-0.39, 0.29) is 0 Å². The molecule has 1 aliphatic rings. The van der Waals surface area contributed by atoms with Crippen molar-refractivity contribution >= 4 is 21.6 Å². The molecule has 0 aliphatic carbocycles. The highest BCUT2D eigenvalue weighted by Crippen LogP contribution is 2.38. The van der Waals surface area contributed by atoms with E-state index in [0.29, 0.717) is 10.8 Å². The Bertz CT molecular complexity index is 245. The third kappa shape index (κ3) is 9.22. The molecule has 0 bridgehead atoms. The normalized spacial score (nSPS) is 18.8. The van der Waals surface area contributed by atoms with Gasteiger partial charge in [-0.3, -0.25) is 4.90 Å². The summed E-state index contributed by atoms with van der Waals surface area (Å²) in [5, 5.41) is 0. The second-order valence-electron chi connectivity index (χ2n) is 7.44. The number of hydrogen-bond acceptors (Lipinski definition) is 4. The Morgan fingerprint density at radius 2 is 1.63 bits per heavy atom. The van der Waals surface area contributed by atoms with E-state index in [1.165, 1.54) is 24.5 Å². The third-order valence-electron chi connectivity index (χ3n) is 3.14. The first-order valence-corrected chi connectivity index (χ1v) is 9.82. The van der Waals surface area contributed by atoms with Gasteiger partial charge in [-0.15, -0.1) is 0 Å². The zero-order valence-corrected chi connectivity index (χ0v) is 15.0. The van der Waals surface area contributed by atoms with Crippen LogP contribution in [0.3, 0.4) is 0 Å². The van der Waals surface area contributed by atoms with Crippen LogP contribution in [0.5, 0.6) is 0 Å². The van der Waals surface area contributed by atoms with Gasteiger partial charge < -0.3 is 4.74 Å². The Balaban J connectivity index is 2.06. The van der Waals surface area contributed by atoms with Crippen LogP contribution in [0.15, 0.2) is 0 Å². The van der Waals surface area contributed by atoms with Crippen LogP contribution in [0.2, 0.25) is 0 Å². The van der Waals surface area contributed by atoms with Crippen molar-refractivity contribution in [2.24, 2.45) is 10.8 Å². The zero-order chi connectivity index (χ0) is 14.4. The molecule has 1 saturated heterocycles. The Kier molecular flexibility index (Phi) is 7.59. The molecule has 19 heavy (non-hydrogen) atoms. The molecule has 114 valence electrons. The fraction of sp³-hybridized carbons (Fsp3) is 1.00. The molecule has 2 nitrogen and oxygen atoms in total. The summed E-state index contributed by atoms with van der Waals surface area (Å²) >= 11 is 0. The quantitative estimate of drug-likeness (QED) is 0.517. The summed E-state index contributed by atoms with van der Waals surface area (Å²) in [7, 11) is 4.08. The van der Waals surface area contributed by atoms with E-state index < -0.39 is 0 Å². The third-order valence-corrected chi connectivity index (χ3v) is 5.91. The molecule has 0 aromatic carbocycles. The molecule has 0 N–H and O–H groups in total. The molecule has 0 unspecified atom stereocenters. The fourth-order valence-electron chi connectivity index (χ4n) is 2.74. The number of rotatable bonds is 7. The smallest absolute Gasteiger partial charge is 0.0594 e. The molecule has 0 amide bonds. The second-order valence-corrected chi connectivity index (χ2v) is 10.0. The average Bonchev–Trinajstić information content (AvgIpc) is 2.26. The predicted molar refractivity (Wildman–Crippen MR) is 90.0 cm³/mol. The van der Waals surface area contributed by atoms with Crippen molar-refractivity contribution in [3.8, 4) is 0 Å². The Hall–Kier alpha value is 0.620. The highest BCUT2D eigenvalue weighted by molar-refractivity contribution is 8.76. The summed E-state index contributed by atoms with van der Waals surface area (Å²) in [6, 6.07) is 0. The predicted octanol–water partition coefficient (Wildman–Crippen LogP) is 4.16. The highest BCUT2D eigenvalue weighted by Gasteiger charge is 2.25. The molecule has 0 radical (unpaired) electrons. The van der Waals surface area contributed by atoms with Crippen molar-refractivity contribution in [3.05, 3.63) is 0 Å². The standard InChI is InChI=1S/C15H31NOS2/c1-14(2,3)12-15(4,5)13-19-18-11-8-16-6-9-17-10-7-16/h6-13H2,1-5H3. The minimum atomic E-state index is 0.433. The molecule has 1 heterocycles. The number of hydrogen-bond donors (Lipinski definition) is 0. The molecule has 0 spiro atoms. The largest absolute Gasteiger partial charge is 0.379 e. The topological polar surface area (TPSA) is 12.5 Å². The van der Waals surface area contributed by atoms with Gasteiger partial charge in [0.15, 0.2) is 0 Å². The Morgan fingerprint density at radius 1 is 1.00 bits per heavy atom. The van der Waals surface area contributed by atoms with Crippen LogP contribution in [0.4, 0.5) is 0 Å². The first kappa shape index (κ1) is 17.7. The maximum atomic E-state index is 5.36. The maximum absolute atomic E-state index is 5.36. The molecule has 0 atom stereocenters. The minimum Gasteiger partial charge on any atom is -0.379 e. The Morgan fingerprint density at radius 3 is 2.21 bits per heavy atom. The van der Waals surface area contributed by atoms with Crippen LogP contribution in [0, 0.1) is 10.8 Å². The fourth-order valence-corrected chi connectivity index (χ4v) is 5.48. The first-order chi connectivity index (χ1) is 8.79. The van der Waals surface area contributed by atoms with Crippen molar-refractivity contribution in [1.29, 1.82) is 0 Å². The van der Waals surface area contributed by atoms with Crippen LogP contribution in [-0.4, -0.2) is 49.3 Å². The molecule has 0 aromatic rings. The van der Waals surface area contributed by atoms with Crippen LogP contribution < -0.4 is 0 Å². The minimum absolute atomic E-state index is 0.433. The lowest BCUT2D eigenvalue weighted by Gasteiger charge is -2.32. The molecule has 0 aromatic heterocycles. The van der Waals surface area contributed by atoms with E-state index in [0.717, 1.165) is 26.3 Å². The highest BCUT2D eigenvalue weighted by atomic mass is 33.1. The van der Waals surface area contributed by atoms with Gasteiger partial charge in [0, 0.05) is 31.1 Å². The van der Waals surface area contributed by atoms with Gasteiger partial charge in [-0.25, -0.2) is 0 Å². The van der Waals surface area contributed by atoms with Crippen LogP contribution in [0.25, 0.3) is 0 Å². The lowest BCUT2D eigenvalue weighted by Crippen LogP contribution is -2.37. The lowest BCUT2D eigenvalue weighted by molar-refractivity contribution is 0.0410. The van der Waals surface area contributed by atoms with Gasteiger partial charge in [0.05, 0.1) is 13.2 Å².